The molecule has 1 heterocycles. The zero-order valence-electron chi connectivity index (χ0n) is 10.7. The van der Waals surface area contributed by atoms with Crippen LogP contribution in [0.25, 0.3) is 0 Å². The summed E-state index contributed by atoms with van der Waals surface area (Å²) in [5.41, 5.74) is 0.501. The molecule has 0 aliphatic heterocycles. The molecule has 0 unspecified atom stereocenters. The standard InChI is InChI=1S/C10H16N4O4S/c1-8-7-12-10(6-9(8)14(15)16)11-4-3-5-13-19(2,17)18/h6-7,13H,3-5H2,1-2H3,(H,11,12). The van der Waals surface area contributed by atoms with Crippen LogP contribution >= 0.6 is 0 Å². The van der Waals surface area contributed by atoms with Gasteiger partial charge in [-0.25, -0.2) is 18.1 Å². The fraction of sp³-hybridized carbons (Fsp3) is 0.500. The van der Waals surface area contributed by atoms with Gasteiger partial charge in [-0.2, -0.15) is 0 Å². The Balaban J connectivity index is 2.46. The molecule has 106 valence electrons. The van der Waals surface area contributed by atoms with Crippen molar-refractivity contribution in [3.05, 3.63) is 27.9 Å². The minimum absolute atomic E-state index is 0.00626. The van der Waals surface area contributed by atoms with Crippen molar-refractivity contribution in [1.29, 1.82) is 0 Å². The van der Waals surface area contributed by atoms with Gasteiger partial charge in [-0.3, -0.25) is 10.1 Å². The lowest BCUT2D eigenvalue weighted by Gasteiger charge is -2.06. The molecule has 0 spiro atoms. The van der Waals surface area contributed by atoms with E-state index in [-0.39, 0.29) is 5.69 Å². The third kappa shape index (κ3) is 5.62. The Morgan fingerprint density at radius 2 is 2.11 bits per heavy atom. The lowest BCUT2D eigenvalue weighted by atomic mass is 10.2. The summed E-state index contributed by atoms with van der Waals surface area (Å²) in [5, 5.41) is 13.6. The molecule has 19 heavy (non-hydrogen) atoms. The minimum Gasteiger partial charge on any atom is -0.370 e. The Bertz CT molecular complexity index is 559. The highest BCUT2D eigenvalue weighted by Crippen LogP contribution is 2.19. The zero-order chi connectivity index (χ0) is 14.5. The molecule has 1 aromatic heterocycles. The van der Waals surface area contributed by atoms with Gasteiger partial charge >= 0.3 is 0 Å². The highest BCUT2D eigenvalue weighted by Gasteiger charge is 2.11. The molecule has 2 N–H and O–H groups in total. The predicted octanol–water partition coefficient (Wildman–Crippen LogP) is 0.649. The van der Waals surface area contributed by atoms with E-state index in [4.69, 9.17) is 0 Å². The summed E-state index contributed by atoms with van der Waals surface area (Å²) in [6.45, 7) is 2.39. The summed E-state index contributed by atoms with van der Waals surface area (Å²) < 4.78 is 24.0. The van der Waals surface area contributed by atoms with Crippen molar-refractivity contribution in [2.45, 2.75) is 13.3 Å². The van der Waals surface area contributed by atoms with E-state index in [9.17, 15) is 18.5 Å². The number of aryl methyl sites for hydroxylation is 1. The molecule has 0 radical (unpaired) electrons. The van der Waals surface area contributed by atoms with Crippen LogP contribution < -0.4 is 10.0 Å². The van der Waals surface area contributed by atoms with Crippen LogP contribution in [-0.2, 0) is 10.0 Å². The van der Waals surface area contributed by atoms with E-state index in [1.165, 1.54) is 12.3 Å². The summed E-state index contributed by atoms with van der Waals surface area (Å²) in [5.74, 6) is 0.400. The molecule has 0 atom stereocenters. The van der Waals surface area contributed by atoms with Gasteiger partial charge in [0.25, 0.3) is 5.69 Å². The number of sulfonamides is 1. The smallest absolute Gasteiger partial charge is 0.277 e. The number of nitro groups is 1. The van der Waals surface area contributed by atoms with Gasteiger partial charge in [0.15, 0.2) is 0 Å². The van der Waals surface area contributed by atoms with E-state index >= 15 is 0 Å². The van der Waals surface area contributed by atoms with Crippen molar-refractivity contribution in [3.63, 3.8) is 0 Å². The van der Waals surface area contributed by atoms with Crippen molar-refractivity contribution in [2.75, 3.05) is 24.7 Å². The molecule has 8 nitrogen and oxygen atoms in total. The number of aromatic nitrogens is 1. The highest BCUT2D eigenvalue weighted by atomic mass is 32.2. The maximum Gasteiger partial charge on any atom is 0.277 e. The molecule has 0 aliphatic rings. The lowest BCUT2D eigenvalue weighted by molar-refractivity contribution is -0.385. The fourth-order valence-corrected chi connectivity index (χ4v) is 1.88. The number of rotatable bonds is 7. The number of anilines is 1. The first-order valence-corrected chi connectivity index (χ1v) is 7.48. The number of nitrogens with zero attached hydrogens (tertiary/aromatic N) is 2. The normalized spacial score (nSPS) is 11.3. The van der Waals surface area contributed by atoms with E-state index < -0.39 is 14.9 Å². The second kappa shape index (κ2) is 6.43. The summed E-state index contributed by atoms with van der Waals surface area (Å²) in [7, 11) is -3.18. The predicted molar refractivity (Wildman–Crippen MR) is 71.6 cm³/mol. The van der Waals surface area contributed by atoms with Crippen molar-refractivity contribution >= 4 is 21.5 Å². The monoisotopic (exact) mass is 288 g/mol. The van der Waals surface area contributed by atoms with Crippen molar-refractivity contribution in [1.82, 2.24) is 9.71 Å². The van der Waals surface area contributed by atoms with E-state index in [1.54, 1.807) is 6.92 Å². The molecule has 9 heteroatoms. The van der Waals surface area contributed by atoms with Crippen LogP contribution in [0.4, 0.5) is 11.5 Å². The molecule has 0 fully saturated rings. The Morgan fingerprint density at radius 3 is 2.68 bits per heavy atom. The van der Waals surface area contributed by atoms with Gasteiger partial charge in [0.1, 0.15) is 5.82 Å². The first-order chi connectivity index (χ1) is 8.79. The first kappa shape index (κ1) is 15.3. The quantitative estimate of drug-likeness (QED) is 0.432. The average molecular weight is 288 g/mol. The third-order valence-electron chi connectivity index (χ3n) is 2.30. The molecule has 0 saturated carbocycles. The molecule has 0 saturated heterocycles. The summed E-state index contributed by atoms with van der Waals surface area (Å²) in [6, 6.07) is 1.36. The number of nitrogens with one attached hydrogen (secondary N) is 2. The molecule has 0 aliphatic carbocycles. The second-order valence-electron chi connectivity index (χ2n) is 4.06. The zero-order valence-corrected chi connectivity index (χ0v) is 11.5. The van der Waals surface area contributed by atoms with E-state index in [1.807, 2.05) is 0 Å². The lowest BCUT2D eigenvalue weighted by Crippen LogP contribution is -2.24. The van der Waals surface area contributed by atoms with Crippen molar-refractivity contribution in [3.8, 4) is 0 Å². The maximum absolute atomic E-state index is 10.8. The van der Waals surface area contributed by atoms with Gasteiger partial charge in [-0.15, -0.1) is 0 Å². The number of hydrogen-bond acceptors (Lipinski definition) is 6. The van der Waals surface area contributed by atoms with Gasteiger partial charge in [-0.1, -0.05) is 0 Å². The number of pyridine rings is 1. The summed E-state index contributed by atoms with van der Waals surface area (Å²) in [4.78, 5) is 14.3. The third-order valence-corrected chi connectivity index (χ3v) is 3.02. The minimum atomic E-state index is -3.18. The van der Waals surface area contributed by atoms with Gasteiger partial charge < -0.3 is 5.32 Å². The highest BCUT2D eigenvalue weighted by molar-refractivity contribution is 7.88. The SMILES string of the molecule is Cc1cnc(NCCCNS(C)(=O)=O)cc1[N+](=O)[O-]. The van der Waals surface area contributed by atoms with Gasteiger partial charge in [0.2, 0.25) is 10.0 Å². The van der Waals surface area contributed by atoms with Crippen LogP contribution in [0.3, 0.4) is 0 Å². The van der Waals surface area contributed by atoms with Crippen LogP contribution in [0.15, 0.2) is 12.3 Å². The largest absolute Gasteiger partial charge is 0.370 e. The van der Waals surface area contributed by atoms with Crippen molar-refractivity contribution in [2.24, 2.45) is 0 Å². The summed E-state index contributed by atoms with van der Waals surface area (Å²) in [6.07, 6.45) is 3.07. The number of hydrogen-bond donors (Lipinski definition) is 2. The van der Waals surface area contributed by atoms with E-state index in [0.717, 1.165) is 6.26 Å². The fourth-order valence-electron chi connectivity index (χ4n) is 1.37. The Hall–Kier alpha value is -1.74. The maximum atomic E-state index is 10.8. The Labute approximate surface area is 111 Å². The Morgan fingerprint density at radius 1 is 1.42 bits per heavy atom. The van der Waals surface area contributed by atoms with Crippen LogP contribution in [0.5, 0.6) is 0 Å². The molecule has 0 aromatic carbocycles. The van der Waals surface area contributed by atoms with Crippen LogP contribution in [0, 0.1) is 17.0 Å². The molecular weight excluding hydrogens is 272 g/mol. The van der Waals surface area contributed by atoms with E-state index in [0.29, 0.717) is 30.9 Å². The summed E-state index contributed by atoms with van der Waals surface area (Å²) >= 11 is 0. The van der Waals surface area contributed by atoms with Crippen LogP contribution in [0.2, 0.25) is 0 Å². The van der Waals surface area contributed by atoms with E-state index in [2.05, 4.69) is 15.0 Å². The van der Waals surface area contributed by atoms with Gasteiger partial charge in [0, 0.05) is 24.8 Å². The Kier molecular flexibility index (Phi) is 5.19. The van der Waals surface area contributed by atoms with Gasteiger partial charge in [-0.05, 0) is 13.3 Å². The topological polar surface area (TPSA) is 114 Å². The molecule has 1 rings (SSSR count). The van der Waals surface area contributed by atoms with Crippen LogP contribution in [0.1, 0.15) is 12.0 Å². The molecule has 0 bridgehead atoms. The van der Waals surface area contributed by atoms with Crippen molar-refractivity contribution < 1.29 is 13.3 Å². The van der Waals surface area contributed by atoms with Crippen LogP contribution in [-0.4, -0.2) is 37.7 Å². The van der Waals surface area contributed by atoms with Gasteiger partial charge in [0.05, 0.1) is 17.2 Å². The molecule has 1 aromatic rings. The first-order valence-electron chi connectivity index (χ1n) is 5.59. The molecular formula is C10H16N4O4S. The molecule has 0 amide bonds. The average Bonchev–Trinajstić information content (AvgIpc) is 2.29. The second-order valence-corrected chi connectivity index (χ2v) is 5.89.